The molecule has 1 aliphatic carbocycles. The molecule has 29 heavy (non-hydrogen) atoms. The quantitative estimate of drug-likeness (QED) is 0.627. The van der Waals surface area contributed by atoms with E-state index in [2.05, 4.69) is 86.7 Å². The van der Waals surface area contributed by atoms with Gasteiger partial charge in [-0.25, -0.2) is 0 Å². The van der Waals surface area contributed by atoms with E-state index in [0.29, 0.717) is 5.92 Å². The topological polar surface area (TPSA) is 55.3 Å². The molecule has 1 aliphatic rings. The molecule has 0 aliphatic heterocycles. The number of hydrogen-bond donors (Lipinski definition) is 0. The van der Waals surface area contributed by atoms with E-state index in [9.17, 15) is 0 Å². The van der Waals surface area contributed by atoms with Crippen molar-refractivity contribution in [3.05, 3.63) is 49.9 Å². The molecule has 0 radical (unpaired) electrons. The maximum atomic E-state index is 8.25. The van der Waals surface area contributed by atoms with Crippen LogP contribution in [0.25, 0.3) is 0 Å². The molecule has 0 N–H and O–H groups in total. The SMILES string of the molecule is CC1=C(C)C(C)[C]([Ti+2]([O]c2cc(C)cc(C(C)(C)C)c2)=[Si](C)C)=C1C.C[O-].C[O-]. The van der Waals surface area contributed by atoms with Crippen LogP contribution in [-0.2, 0) is 22.4 Å². The van der Waals surface area contributed by atoms with Crippen LogP contribution in [0.2, 0.25) is 13.1 Å². The summed E-state index contributed by atoms with van der Waals surface area (Å²) in [5.74, 6) is 1.67. The van der Waals surface area contributed by atoms with Crippen molar-refractivity contribution in [2.24, 2.45) is 5.92 Å². The van der Waals surface area contributed by atoms with Gasteiger partial charge >= 0.3 is 162 Å². The van der Waals surface area contributed by atoms with Gasteiger partial charge in [-0.1, -0.05) is 0 Å². The van der Waals surface area contributed by atoms with Crippen molar-refractivity contribution in [3.63, 3.8) is 0 Å². The van der Waals surface area contributed by atoms with Gasteiger partial charge in [-0.15, -0.1) is 0 Å². The number of benzene rings is 1. The smallest absolute Gasteiger partial charge is 0.153 e. The third kappa shape index (κ3) is 7.22. The van der Waals surface area contributed by atoms with Gasteiger partial charge < -0.3 is 10.2 Å². The predicted octanol–water partition coefficient (Wildman–Crippen LogP) is 4.67. The van der Waals surface area contributed by atoms with Gasteiger partial charge in [-0.05, 0) is 0 Å². The van der Waals surface area contributed by atoms with Gasteiger partial charge in [0.25, 0.3) is 0 Å². The van der Waals surface area contributed by atoms with Gasteiger partial charge in [0.05, 0.1) is 0 Å². The minimum atomic E-state index is -1.77. The Bertz CT molecular complexity index is 795. The van der Waals surface area contributed by atoms with Crippen LogP contribution in [0, 0.1) is 12.8 Å². The van der Waals surface area contributed by atoms with Crippen molar-refractivity contribution in [1.82, 2.24) is 0 Å². The molecule has 5 heteroatoms. The molecule has 0 fully saturated rings. The van der Waals surface area contributed by atoms with E-state index in [1.807, 2.05) is 0 Å². The zero-order valence-corrected chi connectivity index (χ0v) is 23.1. The molecule has 1 aromatic rings. The zero-order valence-electron chi connectivity index (χ0n) is 20.5. The first-order valence-corrected chi connectivity index (χ1v) is 16.4. The minimum Gasteiger partial charge on any atom is -0.857 e. The van der Waals surface area contributed by atoms with Crippen molar-refractivity contribution < 1.29 is 30.5 Å². The molecule has 0 bridgehead atoms. The van der Waals surface area contributed by atoms with Crippen LogP contribution in [0.15, 0.2) is 38.8 Å². The summed E-state index contributed by atoms with van der Waals surface area (Å²) in [6, 6.07) is 6.82. The van der Waals surface area contributed by atoms with Gasteiger partial charge in [0.2, 0.25) is 0 Å². The van der Waals surface area contributed by atoms with E-state index in [0.717, 1.165) is 20.0 Å². The summed E-state index contributed by atoms with van der Waals surface area (Å²) >= 11 is -1.77. The summed E-state index contributed by atoms with van der Waals surface area (Å²) in [6.07, 6.45) is -0.465. The Morgan fingerprint density at radius 2 is 1.41 bits per heavy atom. The van der Waals surface area contributed by atoms with Crippen LogP contribution in [0.1, 0.15) is 59.6 Å². The molecule has 0 saturated carbocycles. The molecule has 3 nitrogen and oxygen atoms in total. The maximum absolute atomic E-state index is 8.25. The van der Waals surface area contributed by atoms with Crippen LogP contribution in [-0.4, -0.2) is 20.4 Å². The first kappa shape index (κ1) is 28.4. The Hall–Kier alpha value is -0.649. The average molecular weight is 453 g/mol. The van der Waals surface area contributed by atoms with E-state index < -0.39 is 23.2 Å². The second kappa shape index (κ2) is 12.3. The first-order valence-electron chi connectivity index (χ1n) is 10.1. The third-order valence-electron chi connectivity index (χ3n) is 5.48. The van der Waals surface area contributed by atoms with Gasteiger partial charge in [-0.3, -0.25) is 0 Å². The van der Waals surface area contributed by atoms with Crippen molar-refractivity contribution in [1.29, 1.82) is 0 Å². The molecule has 1 atom stereocenters. The summed E-state index contributed by atoms with van der Waals surface area (Å²) in [6.45, 7) is 23.2. The largest absolute Gasteiger partial charge is 0.857 e. The van der Waals surface area contributed by atoms with E-state index in [4.69, 9.17) is 13.5 Å². The van der Waals surface area contributed by atoms with Crippen LogP contribution < -0.4 is 13.5 Å². The van der Waals surface area contributed by atoms with Crippen LogP contribution in [0.5, 0.6) is 5.75 Å². The molecule has 0 spiro atoms. The zero-order chi connectivity index (χ0) is 23.1. The van der Waals surface area contributed by atoms with Crippen molar-refractivity contribution in [3.8, 4) is 5.75 Å². The predicted molar refractivity (Wildman–Crippen MR) is 120 cm³/mol. The standard InChI is InChI=1S/C11H16O.C9H13.C2H6Si.2CH3O.Ti/c1-8-5-9(11(2,3)4)7-10(12)6-8;1-6-5-7(2)9(4)8(6)3;1-3-2;2*1-2;/h5-7,12H,1-4H3;6H,1-4H3;1-2H3;2*1H3;/q;;;2*-1;+3/p-1. The van der Waals surface area contributed by atoms with E-state index >= 15 is 0 Å². The van der Waals surface area contributed by atoms with E-state index in [1.54, 1.807) is 9.45 Å². The second-order valence-corrected chi connectivity index (χ2v) is 19.5. The Kier molecular flexibility index (Phi) is 12.0. The molecular formula is C24H40O3SiTi. The summed E-state index contributed by atoms with van der Waals surface area (Å²) < 4.78 is 8.52. The number of aryl methyl sites for hydroxylation is 1. The summed E-state index contributed by atoms with van der Waals surface area (Å²) in [7, 11) is 1.50. The van der Waals surface area contributed by atoms with E-state index in [-0.39, 0.29) is 5.41 Å². The van der Waals surface area contributed by atoms with Gasteiger partial charge in [0, 0.05) is 0 Å². The van der Waals surface area contributed by atoms with Gasteiger partial charge in [-0.2, -0.15) is 14.2 Å². The first-order chi connectivity index (χ1) is 13.4. The molecule has 1 aromatic carbocycles. The fourth-order valence-electron chi connectivity index (χ4n) is 3.51. The minimum absolute atomic E-state index is 0.154. The molecular weight excluding hydrogens is 412 g/mol. The molecule has 0 amide bonds. The number of allylic oxidation sites excluding steroid dienone is 4. The Labute approximate surface area is 186 Å². The van der Waals surface area contributed by atoms with Crippen LogP contribution in [0.3, 0.4) is 0 Å². The van der Waals surface area contributed by atoms with Crippen molar-refractivity contribution in [2.45, 2.75) is 73.9 Å². The number of rotatable bonds is 3. The molecule has 1 unspecified atom stereocenters. The Balaban J connectivity index is 0.00000184. The molecule has 2 rings (SSSR count). The second-order valence-electron chi connectivity index (χ2n) is 8.78. The fourth-order valence-corrected chi connectivity index (χ4v) is 12.4. The van der Waals surface area contributed by atoms with Crippen LogP contribution >= 0.6 is 0 Å². The summed E-state index contributed by atoms with van der Waals surface area (Å²) in [5, 5.41) is 16.5. The van der Waals surface area contributed by atoms with Gasteiger partial charge in [0.1, 0.15) is 0 Å². The molecule has 162 valence electrons. The molecule has 0 aromatic heterocycles. The summed E-state index contributed by atoms with van der Waals surface area (Å²) in [4.78, 5) is 0. The molecule has 0 saturated heterocycles. The third-order valence-corrected chi connectivity index (χ3v) is 14.9. The molecule has 0 heterocycles. The average Bonchev–Trinajstić information content (AvgIpc) is 2.85. The monoisotopic (exact) mass is 452 g/mol. The van der Waals surface area contributed by atoms with E-state index in [1.165, 1.54) is 22.3 Å². The maximum Gasteiger partial charge on any atom is -0.153 e. The fraction of sp³-hybridized carbons (Fsp3) is 0.583. The Morgan fingerprint density at radius 1 is 0.897 bits per heavy atom. The van der Waals surface area contributed by atoms with Gasteiger partial charge in [0.15, 0.2) is 0 Å². The van der Waals surface area contributed by atoms with Crippen molar-refractivity contribution >= 4 is 6.19 Å². The normalized spacial score (nSPS) is 15.7. The van der Waals surface area contributed by atoms with Crippen molar-refractivity contribution in [2.75, 3.05) is 14.2 Å². The number of hydrogen-bond acceptors (Lipinski definition) is 3. The summed E-state index contributed by atoms with van der Waals surface area (Å²) in [5.41, 5.74) is 7.40. The van der Waals surface area contributed by atoms with Crippen LogP contribution in [0.4, 0.5) is 0 Å². The Morgan fingerprint density at radius 3 is 1.79 bits per heavy atom.